The number of aromatic hydroxyl groups is 1. The second kappa shape index (κ2) is 11.3. The first kappa shape index (κ1) is 31.1. The lowest BCUT2D eigenvalue weighted by molar-refractivity contribution is -0.181. The van der Waals surface area contributed by atoms with Gasteiger partial charge < -0.3 is 26.1 Å². The number of nitrogens with two attached hydrogens (primary N) is 1. The largest absolute Gasteiger partial charge is 0.507 e. The summed E-state index contributed by atoms with van der Waals surface area (Å²) in [7, 11) is 6.13. The average Bonchev–Trinajstić information content (AvgIpc) is 2.95. The number of phenolic OH excluding ortho intramolecular Hbond substituents is 1. The topological polar surface area (TPSA) is 197 Å². The number of nitrogens with one attached hydrogen (secondary N) is 1. The Bertz CT molecular complexity index is 1590. The summed E-state index contributed by atoms with van der Waals surface area (Å²) in [6, 6.07) is 8.68. The Morgan fingerprint density at radius 2 is 1.70 bits per heavy atom. The van der Waals surface area contributed by atoms with E-state index in [0.29, 0.717) is 22.4 Å². The van der Waals surface area contributed by atoms with Gasteiger partial charge in [-0.2, -0.15) is 5.06 Å². The molecule has 5 rings (SSSR count). The molecule has 5 N–H and O–H groups in total. The zero-order valence-electron chi connectivity index (χ0n) is 24.7. The number of carbonyl (C=O) groups excluding carboxylic acids is 6. The lowest BCUT2D eigenvalue weighted by Crippen LogP contribution is -2.74. The van der Waals surface area contributed by atoms with E-state index in [0.717, 1.165) is 0 Å². The summed E-state index contributed by atoms with van der Waals surface area (Å²) in [5.41, 5.74) is 4.80. The Hall–Kier alpha value is -4.30. The van der Waals surface area contributed by atoms with Gasteiger partial charge in [0.2, 0.25) is 11.8 Å². The molecular formula is C31H34N4O9. The summed E-state index contributed by atoms with van der Waals surface area (Å²) in [4.78, 5) is 85.3. The zero-order chi connectivity index (χ0) is 32.2. The van der Waals surface area contributed by atoms with Crippen LogP contribution in [-0.2, 0) is 35.2 Å². The number of Topliss-reactive ketones (excluding diaryl/α,β-unsaturated/α-hetero) is 4. The van der Waals surface area contributed by atoms with E-state index in [4.69, 9.17) is 10.6 Å². The van der Waals surface area contributed by atoms with Gasteiger partial charge in [0.1, 0.15) is 12.3 Å². The number of phenols is 1. The third-order valence-corrected chi connectivity index (χ3v) is 9.10. The van der Waals surface area contributed by atoms with Crippen LogP contribution in [0.2, 0.25) is 0 Å². The van der Waals surface area contributed by atoms with Crippen molar-refractivity contribution in [3.05, 3.63) is 47.5 Å². The number of likely N-dealkylation sites (N-methyl/N-ethyl adjacent to an activating group) is 2. The van der Waals surface area contributed by atoms with Crippen LogP contribution in [0.25, 0.3) is 11.1 Å². The second-order valence-corrected chi connectivity index (χ2v) is 11.9. The van der Waals surface area contributed by atoms with Crippen molar-refractivity contribution in [2.75, 3.05) is 40.1 Å². The Labute approximate surface area is 252 Å². The van der Waals surface area contributed by atoms with Gasteiger partial charge in [-0.05, 0) is 67.7 Å². The van der Waals surface area contributed by atoms with Crippen molar-refractivity contribution >= 4 is 40.6 Å². The molecule has 3 aliphatic rings. The molecule has 2 fully saturated rings. The molecule has 0 aromatic heterocycles. The maximum Gasteiger partial charge on any atom is 0.240 e. The number of fused-ring (bicyclic) bond motifs is 3. The molecule has 0 aliphatic heterocycles. The SMILES string of the molecule is CON(C)CC(=O)Nc1ccc(-c2ccc(O)c3c2C[C@H]2C[C@H]4[C@H](N(C)C)C(=O)C(C(N)=O)C(=O)[C@@]4(O)C(=O)C2C3=O)cc1. The Morgan fingerprint density at radius 3 is 2.30 bits per heavy atom. The first-order valence-corrected chi connectivity index (χ1v) is 14.1. The number of amides is 2. The van der Waals surface area contributed by atoms with Gasteiger partial charge in [0.15, 0.2) is 34.7 Å². The highest BCUT2D eigenvalue weighted by atomic mass is 16.7. The molecular weight excluding hydrogens is 572 g/mol. The van der Waals surface area contributed by atoms with Gasteiger partial charge in [-0.15, -0.1) is 0 Å². The van der Waals surface area contributed by atoms with Crippen LogP contribution in [0.1, 0.15) is 22.3 Å². The van der Waals surface area contributed by atoms with E-state index >= 15 is 0 Å². The van der Waals surface area contributed by atoms with Crippen molar-refractivity contribution < 1.29 is 43.8 Å². The fourth-order valence-electron chi connectivity index (χ4n) is 7.08. The quantitative estimate of drug-likeness (QED) is 0.244. The minimum Gasteiger partial charge on any atom is -0.507 e. The molecule has 44 heavy (non-hydrogen) atoms. The van der Waals surface area contributed by atoms with Gasteiger partial charge in [0.25, 0.3) is 0 Å². The minimum atomic E-state index is -2.78. The smallest absolute Gasteiger partial charge is 0.240 e. The van der Waals surface area contributed by atoms with Crippen LogP contribution in [0.15, 0.2) is 36.4 Å². The van der Waals surface area contributed by atoms with Crippen LogP contribution in [0, 0.1) is 23.7 Å². The summed E-state index contributed by atoms with van der Waals surface area (Å²) in [6.07, 6.45) is 0.0945. The van der Waals surface area contributed by atoms with Crippen LogP contribution in [-0.4, -0.2) is 102 Å². The minimum absolute atomic E-state index is 0.0122. The fourth-order valence-corrected chi connectivity index (χ4v) is 7.08. The number of primary amides is 1. The fraction of sp³-hybridized carbons (Fsp3) is 0.419. The predicted octanol–water partition coefficient (Wildman–Crippen LogP) is -0.0343. The van der Waals surface area contributed by atoms with Gasteiger partial charge in [0.05, 0.1) is 24.6 Å². The normalized spacial score (nSPS) is 28.0. The molecule has 0 radical (unpaired) electrons. The first-order valence-electron chi connectivity index (χ1n) is 14.1. The summed E-state index contributed by atoms with van der Waals surface area (Å²) in [5.74, 6) is -11.3. The Kier molecular flexibility index (Phi) is 8.01. The number of ketones is 4. The van der Waals surface area contributed by atoms with E-state index < -0.39 is 64.4 Å². The van der Waals surface area contributed by atoms with Gasteiger partial charge >= 0.3 is 0 Å². The van der Waals surface area contributed by atoms with Crippen LogP contribution in [0.3, 0.4) is 0 Å². The van der Waals surface area contributed by atoms with E-state index in [9.17, 15) is 39.0 Å². The first-order chi connectivity index (χ1) is 20.7. The van der Waals surface area contributed by atoms with Crippen molar-refractivity contribution in [1.29, 1.82) is 0 Å². The van der Waals surface area contributed by atoms with E-state index in [1.54, 1.807) is 37.4 Å². The number of hydrogen-bond donors (Lipinski definition) is 4. The van der Waals surface area contributed by atoms with Crippen molar-refractivity contribution in [2.24, 2.45) is 29.4 Å². The number of hydrogen-bond acceptors (Lipinski definition) is 11. The molecule has 6 atom stereocenters. The molecule has 0 heterocycles. The molecule has 0 saturated heterocycles. The van der Waals surface area contributed by atoms with Crippen LogP contribution < -0.4 is 11.1 Å². The van der Waals surface area contributed by atoms with Crippen LogP contribution in [0.4, 0.5) is 5.69 Å². The summed E-state index contributed by atoms with van der Waals surface area (Å²) in [5, 5.41) is 26.6. The number of anilines is 1. The molecule has 0 spiro atoms. The van der Waals surface area contributed by atoms with Crippen LogP contribution >= 0.6 is 0 Å². The van der Waals surface area contributed by atoms with Gasteiger partial charge in [0, 0.05) is 18.7 Å². The summed E-state index contributed by atoms with van der Waals surface area (Å²) in [6.45, 7) is 0.0122. The molecule has 2 aromatic rings. The number of nitrogens with zero attached hydrogens (tertiary/aromatic N) is 2. The Morgan fingerprint density at radius 1 is 1.05 bits per heavy atom. The maximum atomic E-state index is 14.0. The van der Waals surface area contributed by atoms with Crippen molar-refractivity contribution in [1.82, 2.24) is 9.96 Å². The molecule has 2 aromatic carbocycles. The highest BCUT2D eigenvalue weighted by molar-refractivity contribution is 6.32. The Balaban J connectivity index is 1.52. The lowest BCUT2D eigenvalue weighted by atomic mass is 9.52. The van der Waals surface area contributed by atoms with Gasteiger partial charge in [-0.3, -0.25) is 33.7 Å². The van der Waals surface area contributed by atoms with E-state index in [-0.39, 0.29) is 36.6 Å². The highest BCUT2D eigenvalue weighted by Gasteiger charge is 2.69. The third kappa shape index (κ3) is 4.81. The average molecular weight is 607 g/mol. The molecule has 13 heteroatoms. The number of carbonyl (C=O) groups is 6. The van der Waals surface area contributed by atoms with Gasteiger partial charge in [-0.25, -0.2) is 0 Å². The van der Waals surface area contributed by atoms with E-state index in [1.165, 1.54) is 37.2 Å². The predicted molar refractivity (Wildman–Crippen MR) is 155 cm³/mol. The van der Waals surface area contributed by atoms with E-state index in [2.05, 4.69) is 5.32 Å². The standard InChI is InChI=1S/C31H34N4O9/c1-34(2)25-19-12-15-11-18-17(14-5-7-16(8-6-14)33-21(37)13-35(3)44-4)9-10-20(36)23(18)26(38)22(15)28(40)31(19,43)29(41)24(27(25)39)30(32)42/h5-10,15,19,22,24-25,36,43H,11-13H2,1-4H3,(H2,32,42)(H,33,37)/t15-,19-,22?,24?,25-,31-/m0/s1. The van der Waals surface area contributed by atoms with Crippen molar-refractivity contribution in [3.8, 4) is 16.9 Å². The molecule has 0 bridgehead atoms. The van der Waals surface area contributed by atoms with Crippen LogP contribution in [0.5, 0.6) is 5.75 Å². The van der Waals surface area contributed by atoms with E-state index in [1.807, 2.05) is 0 Å². The molecule has 3 aliphatic carbocycles. The number of rotatable bonds is 7. The molecule has 232 valence electrons. The monoisotopic (exact) mass is 606 g/mol. The number of hydroxylamine groups is 2. The lowest BCUT2D eigenvalue weighted by Gasteiger charge is -2.52. The van der Waals surface area contributed by atoms with Gasteiger partial charge in [-0.1, -0.05) is 18.2 Å². The van der Waals surface area contributed by atoms with Crippen molar-refractivity contribution in [3.63, 3.8) is 0 Å². The molecule has 2 amide bonds. The molecule has 2 saturated carbocycles. The maximum absolute atomic E-state index is 14.0. The third-order valence-electron chi connectivity index (χ3n) is 9.10. The zero-order valence-corrected chi connectivity index (χ0v) is 24.7. The number of aliphatic hydroxyl groups is 1. The van der Waals surface area contributed by atoms with Crippen molar-refractivity contribution in [2.45, 2.75) is 24.5 Å². The highest BCUT2D eigenvalue weighted by Crippen LogP contribution is 2.51. The summed E-state index contributed by atoms with van der Waals surface area (Å²) >= 11 is 0. The number of benzene rings is 2. The molecule has 13 nitrogen and oxygen atoms in total. The molecule has 2 unspecified atom stereocenters. The summed E-state index contributed by atoms with van der Waals surface area (Å²) < 4.78 is 0. The second-order valence-electron chi connectivity index (χ2n) is 11.9.